The molecule has 0 aliphatic carbocycles. The highest BCUT2D eigenvalue weighted by molar-refractivity contribution is 7.47. The van der Waals surface area contributed by atoms with Crippen molar-refractivity contribution in [1.29, 1.82) is 0 Å². The molecule has 9 heteroatoms. The molecule has 0 aliphatic heterocycles. The predicted octanol–water partition coefficient (Wildman–Crippen LogP) is 16.6. The van der Waals surface area contributed by atoms with Crippen LogP contribution in [0.1, 0.15) is 219 Å². The van der Waals surface area contributed by atoms with Gasteiger partial charge in [-0.2, -0.15) is 0 Å². The van der Waals surface area contributed by atoms with E-state index in [0.29, 0.717) is 24.1 Å². The van der Waals surface area contributed by atoms with E-state index in [1.807, 2.05) is 21.1 Å². The third-order valence-corrected chi connectivity index (χ3v) is 12.2. The van der Waals surface area contributed by atoms with Gasteiger partial charge < -0.3 is 18.9 Å². The van der Waals surface area contributed by atoms with E-state index in [4.69, 9.17) is 18.5 Å². The van der Waals surface area contributed by atoms with E-state index in [-0.39, 0.29) is 25.8 Å². The van der Waals surface area contributed by atoms with Crippen LogP contribution in [0.4, 0.5) is 0 Å². The molecule has 0 amide bonds. The Labute approximate surface area is 402 Å². The van der Waals surface area contributed by atoms with Crippen molar-refractivity contribution in [3.63, 3.8) is 0 Å². The molecule has 2 unspecified atom stereocenters. The van der Waals surface area contributed by atoms with E-state index in [2.05, 4.69) is 86.8 Å². The number of ether oxygens (including phenoxy) is 2. The van der Waals surface area contributed by atoms with Gasteiger partial charge in [-0.25, -0.2) is 4.57 Å². The Morgan fingerprint density at radius 3 is 1.34 bits per heavy atom. The highest BCUT2D eigenvalue weighted by Gasteiger charge is 2.26. The number of carbonyl (C=O) groups is 1. The Kier molecular flexibility index (Phi) is 46.9. The number of likely N-dealkylation sites (N-methyl/N-ethyl adjacent to an activating group) is 1. The van der Waals surface area contributed by atoms with Gasteiger partial charge in [0.05, 0.1) is 34.4 Å². The summed E-state index contributed by atoms with van der Waals surface area (Å²) in [5, 5.41) is 0. The minimum absolute atomic E-state index is 0.0832. The highest BCUT2D eigenvalue weighted by atomic mass is 31.2. The van der Waals surface area contributed by atoms with Crippen LogP contribution in [0.2, 0.25) is 0 Å². The molecule has 0 bridgehead atoms. The number of quaternary nitrogens is 1. The van der Waals surface area contributed by atoms with Crippen LogP contribution in [0.15, 0.2) is 72.9 Å². The average molecular weight is 933 g/mol. The lowest BCUT2D eigenvalue weighted by Gasteiger charge is -2.24. The van der Waals surface area contributed by atoms with Gasteiger partial charge in [0.15, 0.2) is 0 Å². The summed E-state index contributed by atoms with van der Waals surface area (Å²) in [5.74, 6) is -0.324. The van der Waals surface area contributed by atoms with Crippen LogP contribution in [-0.4, -0.2) is 75.6 Å². The summed E-state index contributed by atoms with van der Waals surface area (Å²) in [4.78, 5) is 23.0. The molecule has 0 aliphatic rings. The second-order valence-electron chi connectivity index (χ2n) is 18.9. The maximum atomic E-state index is 12.8. The fraction of sp³-hybridized carbons (Fsp3) is 0.768. The summed E-state index contributed by atoms with van der Waals surface area (Å²) in [5.41, 5.74) is 0. The van der Waals surface area contributed by atoms with Crippen molar-refractivity contribution in [3.05, 3.63) is 72.9 Å². The molecule has 0 heterocycles. The third-order valence-electron chi connectivity index (χ3n) is 11.3. The monoisotopic (exact) mass is 933 g/mol. The maximum absolute atomic E-state index is 12.8. The van der Waals surface area contributed by atoms with Gasteiger partial charge >= 0.3 is 13.8 Å². The molecule has 1 N–H and O–H groups in total. The first-order valence-corrected chi connectivity index (χ1v) is 28.2. The topological polar surface area (TPSA) is 91.3 Å². The number of hydrogen-bond acceptors (Lipinski definition) is 6. The summed E-state index contributed by atoms with van der Waals surface area (Å²) in [6, 6.07) is 0. The molecular formula is C56H103NO7P+. The number of carbonyl (C=O) groups excluding carboxylic acids is 1. The Morgan fingerprint density at radius 2 is 0.892 bits per heavy atom. The number of rotatable bonds is 49. The second-order valence-corrected chi connectivity index (χ2v) is 20.3. The quantitative estimate of drug-likeness (QED) is 0.0214. The van der Waals surface area contributed by atoms with Crippen LogP contribution in [0, 0.1) is 0 Å². The van der Waals surface area contributed by atoms with Gasteiger partial charge in [-0.1, -0.05) is 202 Å². The van der Waals surface area contributed by atoms with E-state index in [9.17, 15) is 14.3 Å². The first-order valence-electron chi connectivity index (χ1n) is 26.7. The molecule has 0 spiro atoms. The van der Waals surface area contributed by atoms with Gasteiger partial charge in [-0.3, -0.25) is 13.8 Å². The number of nitrogens with zero attached hydrogens (tertiary/aromatic N) is 1. The van der Waals surface area contributed by atoms with Crippen LogP contribution in [-0.2, 0) is 27.9 Å². The number of allylic oxidation sites excluding steroid dienone is 12. The van der Waals surface area contributed by atoms with Crippen molar-refractivity contribution in [2.24, 2.45) is 0 Å². The largest absolute Gasteiger partial charge is 0.472 e. The second kappa shape index (κ2) is 48.4. The first kappa shape index (κ1) is 62.9. The molecule has 0 radical (unpaired) electrons. The lowest BCUT2D eigenvalue weighted by molar-refractivity contribution is -0.870. The Balaban J connectivity index is 4.15. The van der Waals surface area contributed by atoms with Crippen molar-refractivity contribution in [1.82, 2.24) is 0 Å². The first-order chi connectivity index (χ1) is 31.6. The number of phosphoric ester groups is 1. The molecule has 65 heavy (non-hydrogen) atoms. The SMILES string of the molecule is CC/C=C\C/C=C\C/C=C\C/C=C\CCCCCCCCCCC(=O)OC(COCCCCCCCCCCCC/C=C\C/C=C\CCCCCCC)COP(=O)(O)OCC[N+](C)(C)C. The third kappa shape index (κ3) is 52.8. The minimum Gasteiger partial charge on any atom is -0.457 e. The summed E-state index contributed by atoms with van der Waals surface area (Å²) in [7, 11) is 1.65. The lowest BCUT2D eigenvalue weighted by atomic mass is 10.1. The average Bonchev–Trinajstić information content (AvgIpc) is 3.27. The molecule has 0 aromatic heterocycles. The zero-order chi connectivity index (χ0) is 47.6. The highest BCUT2D eigenvalue weighted by Crippen LogP contribution is 2.43. The van der Waals surface area contributed by atoms with Gasteiger partial charge in [0.1, 0.15) is 19.3 Å². The molecule has 0 saturated carbocycles. The van der Waals surface area contributed by atoms with Gasteiger partial charge in [0.25, 0.3) is 0 Å². The number of unbranched alkanes of at least 4 members (excludes halogenated alkanes) is 23. The molecule has 378 valence electrons. The molecule has 0 aromatic rings. The Hall–Kier alpha value is -2.06. The predicted molar refractivity (Wildman–Crippen MR) is 279 cm³/mol. The summed E-state index contributed by atoms with van der Waals surface area (Å²) < 4.78 is 35.2. The lowest BCUT2D eigenvalue weighted by Crippen LogP contribution is -2.37. The van der Waals surface area contributed by atoms with Crippen LogP contribution in [0.5, 0.6) is 0 Å². The molecule has 0 saturated heterocycles. The summed E-state index contributed by atoms with van der Waals surface area (Å²) in [6.07, 6.45) is 63.8. The number of phosphoric acid groups is 1. The van der Waals surface area contributed by atoms with Crippen molar-refractivity contribution in [3.8, 4) is 0 Å². The van der Waals surface area contributed by atoms with Crippen molar-refractivity contribution in [2.75, 3.05) is 54.1 Å². The van der Waals surface area contributed by atoms with Crippen LogP contribution < -0.4 is 0 Å². The van der Waals surface area contributed by atoms with Crippen molar-refractivity contribution >= 4 is 13.8 Å². The van der Waals surface area contributed by atoms with E-state index in [0.717, 1.165) is 70.6 Å². The Bertz CT molecular complexity index is 1270. The molecule has 8 nitrogen and oxygen atoms in total. The standard InChI is InChI=1S/C56H102NO7P/c1-6-8-10-12-14-16-18-20-22-24-26-28-30-32-34-36-38-40-42-44-46-48-51-61-53-55(54-63-65(59,60)62-52-50-57(3,4)5)64-56(58)49-47-45-43-41-39-37-35-33-31-29-27-25-23-21-19-17-15-13-11-9-7-2/h9,11,15,17-18,20-21,23-24,26-27,29,55H,6-8,10,12-14,16,19,22,25,28,30-54H2,1-5H3/p+1/b11-9-,17-15-,20-18-,23-21-,26-24-,29-27-. The zero-order valence-corrected chi connectivity index (χ0v) is 43.9. The van der Waals surface area contributed by atoms with E-state index >= 15 is 0 Å². The number of esters is 1. The van der Waals surface area contributed by atoms with Gasteiger partial charge in [-0.15, -0.1) is 0 Å². The summed E-state index contributed by atoms with van der Waals surface area (Å²) in [6.45, 7) is 5.49. The van der Waals surface area contributed by atoms with Gasteiger partial charge in [0, 0.05) is 13.0 Å². The molecule has 0 rings (SSSR count). The van der Waals surface area contributed by atoms with E-state index in [1.54, 1.807) is 0 Å². The van der Waals surface area contributed by atoms with Crippen LogP contribution in [0.25, 0.3) is 0 Å². The molecular weight excluding hydrogens is 830 g/mol. The van der Waals surface area contributed by atoms with Gasteiger partial charge in [0.2, 0.25) is 0 Å². The smallest absolute Gasteiger partial charge is 0.457 e. The normalized spacial score (nSPS) is 14.1. The maximum Gasteiger partial charge on any atom is 0.472 e. The van der Waals surface area contributed by atoms with Crippen LogP contribution in [0.3, 0.4) is 0 Å². The fourth-order valence-electron chi connectivity index (χ4n) is 7.16. The van der Waals surface area contributed by atoms with Crippen LogP contribution >= 0.6 is 7.82 Å². The fourth-order valence-corrected chi connectivity index (χ4v) is 7.90. The van der Waals surface area contributed by atoms with E-state index in [1.165, 1.54) is 128 Å². The van der Waals surface area contributed by atoms with Gasteiger partial charge in [-0.05, 0) is 83.5 Å². The van der Waals surface area contributed by atoms with Crippen molar-refractivity contribution in [2.45, 2.75) is 225 Å². The Morgan fingerprint density at radius 1 is 0.492 bits per heavy atom. The molecule has 2 atom stereocenters. The number of hydrogen-bond donors (Lipinski definition) is 1. The van der Waals surface area contributed by atoms with Crippen molar-refractivity contribution < 1.29 is 37.3 Å². The zero-order valence-electron chi connectivity index (χ0n) is 43.0. The molecule has 0 fully saturated rings. The van der Waals surface area contributed by atoms with E-state index < -0.39 is 13.9 Å². The summed E-state index contributed by atoms with van der Waals surface area (Å²) >= 11 is 0. The minimum atomic E-state index is -4.29. The molecule has 0 aromatic carbocycles.